The Morgan fingerprint density at radius 2 is 1.58 bits per heavy atom. The van der Waals surface area contributed by atoms with Crippen LogP contribution in [0.4, 0.5) is 17.2 Å². The van der Waals surface area contributed by atoms with Gasteiger partial charge in [0.2, 0.25) is 0 Å². The van der Waals surface area contributed by atoms with Crippen molar-refractivity contribution in [2.24, 2.45) is 0 Å². The summed E-state index contributed by atoms with van der Waals surface area (Å²) in [5, 5.41) is 13.8. The molecule has 0 saturated heterocycles. The summed E-state index contributed by atoms with van der Waals surface area (Å²) in [6, 6.07) is 24.1. The molecule has 5 rings (SSSR count). The van der Waals surface area contributed by atoms with Crippen molar-refractivity contribution in [3.8, 4) is 0 Å². The zero-order valence-corrected chi connectivity index (χ0v) is 21.3. The summed E-state index contributed by atoms with van der Waals surface area (Å²) in [6.45, 7) is 3.81. The van der Waals surface area contributed by atoms with Gasteiger partial charge in [0.15, 0.2) is 0 Å². The molecule has 2 heterocycles. The first-order chi connectivity index (χ1) is 17.4. The number of halogens is 1. The molecule has 180 valence electrons. The van der Waals surface area contributed by atoms with Gasteiger partial charge in [0.25, 0.3) is 11.8 Å². The average Bonchev–Trinajstić information content (AvgIpc) is 3.28. The predicted octanol–water partition coefficient (Wildman–Crippen LogP) is 6.13. The Balaban J connectivity index is 1.54. The van der Waals surface area contributed by atoms with Crippen molar-refractivity contribution in [3.63, 3.8) is 0 Å². The Hall–Kier alpha value is -4.17. The summed E-state index contributed by atoms with van der Waals surface area (Å²) in [5.74, 6) is 0.00163. The molecule has 1 aliphatic rings. The number of nitrogens with one attached hydrogen (secondary N) is 3. The number of carbonyl (C=O) groups excluding carboxylic acids is 2. The summed E-state index contributed by atoms with van der Waals surface area (Å²) in [4.78, 5) is 26.7. The van der Waals surface area contributed by atoms with E-state index in [-0.39, 0.29) is 11.8 Å². The summed E-state index contributed by atoms with van der Waals surface area (Å²) >= 11 is 3.48. The SMILES string of the molecule is CC1=C(C(=O)Nc2ccccc2)[C@@H](c2ccc(Br)cc2)n2ncc(C(=O)Nc3cccc(C)c3)c2N1. The molecule has 0 aliphatic carbocycles. The van der Waals surface area contributed by atoms with Gasteiger partial charge >= 0.3 is 0 Å². The third-order valence-corrected chi connectivity index (χ3v) is 6.53. The highest BCUT2D eigenvalue weighted by Crippen LogP contribution is 2.38. The van der Waals surface area contributed by atoms with Crippen molar-refractivity contribution in [1.82, 2.24) is 9.78 Å². The van der Waals surface area contributed by atoms with Crippen LogP contribution >= 0.6 is 15.9 Å². The quantitative estimate of drug-likeness (QED) is 0.283. The number of anilines is 3. The number of para-hydroxylation sites is 1. The molecule has 3 aromatic carbocycles. The first kappa shape index (κ1) is 23.6. The minimum atomic E-state index is -0.529. The van der Waals surface area contributed by atoms with Gasteiger partial charge < -0.3 is 16.0 Å². The van der Waals surface area contributed by atoms with Crippen LogP contribution in [0, 0.1) is 6.92 Å². The number of aromatic nitrogens is 2. The predicted molar refractivity (Wildman–Crippen MR) is 145 cm³/mol. The molecule has 3 N–H and O–H groups in total. The van der Waals surface area contributed by atoms with E-state index >= 15 is 0 Å². The summed E-state index contributed by atoms with van der Waals surface area (Å²) < 4.78 is 2.62. The maximum atomic E-state index is 13.5. The number of allylic oxidation sites excluding steroid dienone is 1. The standard InChI is InChI=1S/C28H24BrN5O2/c1-17-7-6-10-22(15-17)33-27(35)23-16-30-34-25(19-11-13-20(29)14-12-19)24(18(2)31-26(23)34)28(36)32-21-8-4-3-5-9-21/h3-16,25,31H,1-2H3,(H,32,36)(H,33,35)/t25-/m1/s1. The molecule has 1 aromatic heterocycles. The zero-order valence-electron chi connectivity index (χ0n) is 19.7. The van der Waals surface area contributed by atoms with Crippen LogP contribution in [0.3, 0.4) is 0 Å². The van der Waals surface area contributed by atoms with Crippen LogP contribution in [0.2, 0.25) is 0 Å². The summed E-state index contributed by atoms with van der Waals surface area (Å²) in [6.07, 6.45) is 1.53. The van der Waals surface area contributed by atoms with Gasteiger partial charge in [0.1, 0.15) is 17.4 Å². The van der Waals surface area contributed by atoms with Crippen LogP contribution < -0.4 is 16.0 Å². The Labute approximate surface area is 217 Å². The molecule has 4 aromatic rings. The van der Waals surface area contributed by atoms with E-state index in [0.717, 1.165) is 15.6 Å². The average molecular weight is 542 g/mol. The number of hydrogen-bond donors (Lipinski definition) is 3. The van der Waals surface area contributed by atoms with E-state index < -0.39 is 6.04 Å². The highest BCUT2D eigenvalue weighted by atomic mass is 79.9. The molecular formula is C28H24BrN5O2. The Bertz CT molecular complexity index is 1480. The molecule has 0 bridgehead atoms. The lowest BCUT2D eigenvalue weighted by atomic mass is 9.94. The second-order valence-electron chi connectivity index (χ2n) is 8.61. The summed E-state index contributed by atoms with van der Waals surface area (Å²) in [5.41, 5.74) is 4.87. The maximum absolute atomic E-state index is 13.5. The number of aryl methyl sites for hydroxylation is 1. The zero-order chi connectivity index (χ0) is 25.2. The Morgan fingerprint density at radius 3 is 2.31 bits per heavy atom. The maximum Gasteiger partial charge on any atom is 0.261 e. The van der Waals surface area contributed by atoms with Crippen molar-refractivity contribution in [1.29, 1.82) is 0 Å². The van der Waals surface area contributed by atoms with E-state index in [0.29, 0.717) is 34.0 Å². The minimum Gasteiger partial charge on any atom is -0.343 e. The normalized spacial score (nSPS) is 14.6. The summed E-state index contributed by atoms with van der Waals surface area (Å²) in [7, 11) is 0. The molecule has 1 aliphatic heterocycles. The highest BCUT2D eigenvalue weighted by molar-refractivity contribution is 9.10. The molecule has 36 heavy (non-hydrogen) atoms. The molecule has 8 heteroatoms. The molecule has 0 fully saturated rings. The molecule has 0 spiro atoms. The van der Waals surface area contributed by atoms with E-state index in [2.05, 4.69) is 37.0 Å². The lowest BCUT2D eigenvalue weighted by Gasteiger charge is -2.30. The second-order valence-corrected chi connectivity index (χ2v) is 9.53. The number of benzene rings is 3. The van der Waals surface area contributed by atoms with E-state index in [1.54, 1.807) is 4.68 Å². The van der Waals surface area contributed by atoms with Gasteiger partial charge in [-0.05, 0) is 61.4 Å². The van der Waals surface area contributed by atoms with Crippen molar-refractivity contribution in [2.45, 2.75) is 19.9 Å². The third kappa shape index (κ3) is 4.67. The van der Waals surface area contributed by atoms with Crippen molar-refractivity contribution < 1.29 is 9.59 Å². The topological polar surface area (TPSA) is 88.0 Å². The molecule has 7 nitrogen and oxygen atoms in total. The Kier molecular flexibility index (Phi) is 6.43. The number of hydrogen-bond acceptors (Lipinski definition) is 4. The first-order valence-electron chi connectivity index (χ1n) is 11.5. The monoisotopic (exact) mass is 541 g/mol. The van der Waals surface area contributed by atoms with Crippen LogP contribution in [-0.2, 0) is 4.79 Å². The lowest BCUT2D eigenvalue weighted by Crippen LogP contribution is -2.32. The van der Waals surface area contributed by atoms with Gasteiger partial charge in [-0.3, -0.25) is 9.59 Å². The molecule has 0 saturated carbocycles. The van der Waals surface area contributed by atoms with Gasteiger partial charge in [-0.25, -0.2) is 4.68 Å². The van der Waals surface area contributed by atoms with Gasteiger partial charge in [-0.1, -0.05) is 58.4 Å². The fourth-order valence-electron chi connectivity index (χ4n) is 4.31. The van der Waals surface area contributed by atoms with Crippen molar-refractivity contribution in [2.75, 3.05) is 16.0 Å². The number of rotatable bonds is 5. The van der Waals surface area contributed by atoms with Gasteiger partial charge in [0, 0.05) is 21.5 Å². The Morgan fingerprint density at radius 1 is 0.889 bits per heavy atom. The molecule has 1 atom stereocenters. The van der Waals surface area contributed by atoms with Crippen LogP contribution in [0.25, 0.3) is 0 Å². The first-order valence-corrected chi connectivity index (χ1v) is 12.2. The van der Waals surface area contributed by atoms with Crippen molar-refractivity contribution in [3.05, 3.63) is 117 Å². The van der Waals surface area contributed by atoms with E-state index in [1.165, 1.54) is 6.20 Å². The lowest BCUT2D eigenvalue weighted by molar-refractivity contribution is -0.113. The fourth-order valence-corrected chi connectivity index (χ4v) is 4.57. The number of amides is 2. The number of nitrogens with zero attached hydrogens (tertiary/aromatic N) is 2. The molecule has 2 amide bonds. The molecule has 0 unspecified atom stereocenters. The molecule has 0 radical (unpaired) electrons. The fraction of sp³-hybridized carbons (Fsp3) is 0.107. The number of carbonyl (C=O) groups is 2. The van der Waals surface area contributed by atoms with Crippen LogP contribution in [0.1, 0.15) is 34.5 Å². The van der Waals surface area contributed by atoms with Crippen LogP contribution in [-0.4, -0.2) is 21.6 Å². The van der Waals surface area contributed by atoms with Gasteiger partial charge in [0.05, 0.1) is 11.8 Å². The largest absolute Gasteiger partial charge is 0.343 e. The van der Waals surface area contributed by atoms with Gasteiger partial charge in [-0.15, -0.1) is 0 Å². The van der Waals surface area contributed by atoms with Crippen molar-refractivity contribution >= 4 is 44.9 Å². The smallest absolute Gasteiger partial charge is 0.261 e. The van der Waals surface area contributed by atoms with Crippen LogP contribution in [0.15, 0.2) is 101 Å². The van der Waals surface area contributed by atoms with Gasteiger partial charge in [-0.2, -0.15) is 5.10 Å². The van der Waals surface area contributed by atoms with Crippen LogP contribution in [0.5, 0.6) is 0 Å². The highest BCUT2D eigenvalue weighted by Gasteiger charge is 2.35. The van der Waals surface area contributed by atoms with E-state index in [9.17, 15) is 9.59 Å². The van der Waals surface area contributed by atoms with E-state index in [4.69, 9.17) is 0 Å². The third-order valence-electron chi connectivity index (χ3n) is 6.01. The van der Waals surface area contributed by atoms with E-state index in [1.807, 2.05) is 92.7 Å². The number of fused-ring (bicyclic) bond motifs is 1. The minimum absolute atomic E-state index is 0.244. The second kappa shape index (κ2) is 9.83. The molecular weight excluding hydrogens is 518 g/mol.